The van der Waals surface area contributed by atoms with Gasteiger partial charge in [0.2, 0.25) is 5.78 Å². The first-order valence-electron chi connectivity index (χ1n) is 21.4. The van der Waals surface area contributed by atoms with E-state index in [1.54, 1.807) is 45.0 Å². The summed E-state index contributed by atoms with van der Waals surface area (Å²) in [5.74, 6) is -0.0546. The molecule has 0 atom stereocenters. The van der Waals surface area contributed by atoms with Crippen molar-refractivity contribution >= 4 is 114 Å². The van der Waals surface area contributed by atoms with Gasteiger partial charge in [-0.25, -0.2) is 4.98 Å². The summed E-state index contributed by atoms with van der Waals surface area (Å²) in [4.78, 5) is 87.4. The van der Waals surface area contributed by atoms with Crippen molar-refractivity contribution in [3.63, 3.8) is 0 Å². The lowest BCUT2D eigenvalue weighted by molar-refractivity contribution is 0.0734. The number of Topliss-reactive ketones (excluding diaryl/α,β-unsaturated/α-hetero) is 2. The molecule has 0 saturated carbocycles. The average molecular weight is 1140 g/mol. The quantitative estimate of drug-likeness (QED) is 0.0613. The van der Waals surface area contributed by atoms with Crippen LogP contribution in [0.25, 0.3) is 22.5 Å². The molecule has 0 aliphatic carbocycles. The average Bonchev–Trinajstić information content (AvgIpc) is 4.19. The fourth-order valence-electron chi connectivity index (χ4n) is 6.49. The standard InChI is InChI=1S/C24H21BrClN3O4S2.C24H22Cl2N6O3S/c1-24(2,3)23(32)29-21(34-13-15-4-6-19(26)35-15)10-17(27-29)16-5-7-20(31)28(22(16)25)11-18(30)14-8-9-33-12-14;1-24(2,3)23(35)32-21(29-11-14-4-7-20(26)36-14)10-16(30-32)15-5-6-19(25)31(22(15)34)13-18(33)17-12-27-8-9-28-17/h4-10,12H,11,13H2,1-3H3;4-10,12,29H,11,13H2,1-3H3. The fraction of sp³-hybridized carbons (Fsp3) is 0.250. The number of carbonyl (C=O) groups is 4. The minimum Gasteiger partial charge on any atom is -0.472 e. The first-order chi connectivity index (χ1) is 33.6. The van der Waals surface area contributed by atoms with E-state index >= 15 is 0 Å². The van der Waals surface area contributed by atoms with Crippen LogP contribution in [-0.2, 0) is 25.4 Å². The summed E-state index contributed by atoms with van der Waals surface area (Å²) in [6.07, 6.45) is 6.92. The number of furan rings is 1. The van der Waals surface area contributed by atoms with Crippen molar-refractivity contribution in [2.75, 3.05) is 5.32 Å². The summed E-state index contributed by atoms with van der Waals surface area (Å²) in [5.41, 5.74) is -0.205. The normalized spacial score (nSPS) is 11.6. The van der Waals surface area contributed by atoms with Gasteiger partial charge >= 0.3 is 0 Å². The number of nitrogens with zero attached hydrogens (tertiary/aromatic N) is 8. The second kappa shape index (κ2) is 22.4. The van der Waals surface area contributed by atoms with E-state index in [1.807, 2.05) is 45.0 Å². The van der Waals surface area contributed by atoms with Crippen LogP contribution in [0, 0.1) is 10.8 Å². The second-order valence-electron chi connectivity index (χ2n) is 17.6. The Morgan fingerprint density at radius 3 is 2.00 bits per heavy atom. The summed E-state index contributed by atoms with van der Waals surface area (Å²) >= 11 is 26.2. The van der Waals surface area contributed by atoms with Crippen molar-refractivity contribution in [2.24, 2.45) is 10.8 Å². The molecule has 0 saturated heterocycles. The van der Waals surface area contributed by atoms with Crippen molar-refractivity contribution < 1.29 is 23.6 Å². The molecule has 0 bridgehead atoms. The van der Waals surface area contributed by atoms with Gasteiger partial charge in [-0.15, -0.1) is 34.4 Å². The fourth-order valence-corrected chi connectivity index (χ4v) is 10.5. The number of halogens is 4. The van der Waals surface area contributed by atoms with E-state index in [9.17, 15) is 28.8 Å². The summed E-state index contributed by atoms with van der Waals surface area (Å²) in [6, 6.07) is 18.5. The van der Waals surface area contributed by atoms with Crippen LogP contribution < -0.4 is 16.4 Å². The number of thiophene rings is 2. The lowest BCUT2D eigenvalue weighted by Crippen LogP contribution is -2.29. The van der Waals surface area contributed by atoms with Crippen LogP contribution in [0.15, 0.2) is 121 Å². The van der Waals surface area contributed by atoms with Gasteiger partial charge in [-0.1, -0.05) is 76.3 Å². The van der Waals surface area contributed by atoms with Crippen molar-refractivity contribution in [3.05, 3.63) is 158 Å². The van der Waals surface area contributed by atoms with Gasteiger partial charge in [-0.2, -0.15) is 19.6 Å². The summed E-state index contributed by atoms with van der Waals surface area (Å²) in [6.45, 7) is 10.8. The number of hydrogen-bond acceptors (Lipinski definition) is 15. The first-order valence-corrected chi connectivity index (χ1v) is 25.9. The molecule has 0 aliphatic heterocycles. The van der Waals surface area contributed by atoms with Crippen molar-refractivity contribution in [2.45, 2.75) is 72.0 Å². The zero-order valence-corrected chi connectivity index (χ0v) is 45.0. The molecule has 1 N–H and O–H groups in total. The highest BCUT2D eigenvalue weighted by Crippen LogP contribution is 2.35. The monoisotopic (exact) mass is 1140 g/mol. The van der Waals surface area contributed by atoms with Crippen LogP contribution in [0.5, 0.6) is 0 Å². The number of thioether (sulfide) groups is 1. The predicted molar refractivity (Wildman–Crippen MR) is 282 cm³/mol. The van der Waals surface area contributed by atoms with Crippen LogP contribution in [0.4, 0.5) is 5.82 Å². The number of hydrogen-bond donors (Lipinski definition) is 1. The molecule has 368 valence electrons. The molecule has 23 heteroatoms. The molecule has 16 nitrogen and oxygen atoms in total. The summed E-state index contributed by atoms with van der Waals surface area (Å²) in [7, 11) is 0. The molecule has 8 aromatic rings. The van der Waals surface area contributed by atoms with Crippen LogP contribution in [0.2, 0.25) is 13.8 Å². The van der Waals surface area contributed by atoms with Gasteiger partial charge in [0.15, 0.2) is 5.78 Å². The van der Waals surface area contributed by atoms with Crippen LogP contribution >= 0.6 is 85.2 Å². The maximum Gasteiger partial charge on any atom is 0.261 e. The molecular weight excluding hydrogens is 1100 g/mol. The highest BCUT2D eigenvalue weighted by atomic mass is 79.9. The van der Waals surface area contributed by atoms with Gasteiger partial charge < -0.3 is 9.73 Å². The summed E-state index contributed by atoms with van der Waals surface area (Å²) < 4.78 is 11.9. The van der Waals surface area contributed by atoms with Crippen LogP contribution in [0.3, 0.4) is 0 Å². The molecule has 0 spiro atoms. The van der Waals surface area contributed by atoms with E-state index < -0.39 is 22.2 Å². The number of carbonyl (C=O) groups excluding carboxylic acids is 4. The van der Waals surface area contributed by atoms with E-state index in [4.69, 9.17) is 39.2 Å². The molecule has 71 heavy (non-hydrogen) atoms. The van der Waals surface area contributed by atoms with Crippen molar-refractivity contribution in [1.82, 2.24) is 38.7 Å². The largest absolute Gasteiger partial charge is 0.472 e. The Hall–Kier alpha value is -5.74. The molecular formula is C48H43BrCl3N9O7S3. The maximum atomic E-state index is 13.3. The highest BCUT2D eigenvalue weighted by Gasteiger charge is 2.30. The zero-order valence-electron chi connectivity index (χ0n) is 38.7. The lowest BCUT2D eigenvalue weighted by Gasteiger charge is -2.18. The minimum atomic E-state index is -0.727. The van der Waals surface area contributed by atoms with E-state index in [0.29, 0.717) is 53.2 Å². The molecule has 0 fully saturated rings. The third-order valence-electron chi connectivity index (χ3n) is 10.2. The van der Waals surface area contributed by atoms with E-state index in [2.05, 4.69) is 41.4 Å². The lowest BCUT2D eigenvalue weighted by atomic mass is 9.96. The van der Waals surface area contributed by atoms with Gasteiger partial charge in [-0.05, 0) is 70.5 Å². The number of nitrogens with one attached hydrogen (secondary N) is 1. The maximum absolute atomic E-state index is 13.3. The molecule has 0 radical (unpaired) electrons. The van der Waals surface area contributed by atoms with Gasteiger partial charge in [0, 0.05) is 56.4 Å². The van der Waals surface area contributed by atoms with Gasteiger partial charge in [-0.3, -0.25) is 42.9 Å². The third-order valence-corrected chi connectivity index (χ3v) is 15.1. The van der Waals surface area contributed by atoms with Crippen LogP contribution in [0.1, 0.15) is 81.7 Å². The van der Waals surface area contributed by atoms with E-state index in [0.717, 1.165) is 14.3 Å². The molecule has 0 unspecified atom stereocenters. The molecule has 8 rings (SSSR count). The Bertz CT molecular complexity index is 3380. The Morgan fingerprint density at radius 1 is 0.746 bits per heavy atom. The van der Waals surface area contributed by atoms with Gasteiger partial charge in [0.05, 0.1) is 62.2 Å². The van der Waals surface area contributed by atoms with E-state index in [-0.39, 0.29) is 58.4 Å². The second-order valence-corrected chi connectivity index (χ2v) is 23.4. The Balaban J connectivity index is 0.000000209. The summed E-state index contributed by atoms with van der Waals surface area (Å²) in [5, 5.41) is 13.0. The first kappa shape index (κ1) is 53.1. The number of rotatable bonds is 14. The van der Waals surface area contributed by atoms with Crippen molar-refractivity contribution in [1.29, 1.82) is 0 Å². The number of pyridine rings is 2. The minimum absolute atomic E-state index is 0.0825. The van der Waals surface area contributed by atoms with E-state index in [1.165, 1.54) is 97.7 Å². The molecule has 8 heterocycles. The van der Waals surface area contributed by atoms with Crippen molar-refractivity contribution in [3.8, 4) is 22.5 Å². The van der Waals surface area contributed by atoms with Crippen LogP contribution in [-0.4, -0.2) is 62.0 Å². The number of aromatic nitrogens is 8. The number of anilines is 1. The SMILES string of the molecule is CC(C)(C)C(=O)n1nc(-c2ccc(=O)n(CC(=O)c3ccoc3)c2Br)cc1SCc1ccc(Cl)s1.CC(C)(C)C(=O)n1nc(-c2ccc(Cl)n(CC(=O)c3cnccn3)c2=O)cc1NCc1ccc(Cl)s1. The third kappa shape index (κ3) is 12.8. The zero-order chi connectivity index (χ0) is 51.4. The molecule has 0 amide bonds. The molecule has 0 aliphatic rings. The van der Waals surface area contributed by atoms with Gasteiger partial charge in [0.1, 0.15) is 33.6 Å². The highest BCUT2D eigenvalue weighted by molar-refractivity contribution is 9.10. The Morgan fingerprint density at radius 2 is 1.38 bits per heavy atom. The predicted octanol–water partition coefficient (Wildman–Crippen LogP) is 11.7. The number of ketones is 2. The topological polar surface area (TPSA) is 199 Å². The Kier molecular flexibility index (Phi) is 16.7. The smallest absolute Gasteiger partial charge is 0.261 e. The molecule has 8 aromatic heterocycles. The molecule has 0 aromatic carbocycles. The Labute approximate surface area is 442 Å². The van der Waals surface area contributed by atoms with Gasteiger partial charge in [0.25, 0.3) is 22.9 Å².